The Bertz CT molecular complexity index is 926. The van der Waals surface area contributed by atoms with Gasteiger partial charge in [-0.3, -0.25) is 14.5 Å². The van der Waals surface area contributed by atoms with Crippen molar-refractivity contribution >= 4 is 6.03 Å². The highest BCUT2D eigenvalue weighted by Crippen LogP contribution is 2.32. The summed E-state index contributed by atoms with van der Waals surface area (Å²) in [6.45, 7) is 5.04. The van der Waals surface area contributed by atoms with Gasteiger partial charge in [-0.2, -0.15) is 5.10 Å². The number of rotatable bonds is 2. The summed E-state index contributed by atoms with van der Waals surface area (Å²) in [7, 11) is 0. The Balaban J connectivity index is 1.23. The number of hydrogen-bond donors (Lipinski definition) is 1. The van der Waals surface area contributed by atoms with E-state index >= 15 is 0 Å². The first-order chi connectivity index (χ1) is 14.2. The number of urea groups is 1. The molecule has 7 nitrogen and oxygen atoms in total. The summed E-state index contributed by atoms with van der Waals surface area (Å²) in [5.41, 5.74) is 0.938. The average Bonchev–Trinajstić information content (AvgIpc) is 3.39. The SMILES string of the molecule is C[C@H]1[C@H](NC(=O)N2C=CC3OC(C#CCn4cccn4)=CC3=C2)C2CCN1CC2. The lowest BCUT2D eigenvalue weighted by molar-refractivity contribution is 0.0256. The van der Waals surface area contributed by atoms with Crippen LogP contribution in [0.5, 0.6) is 0 Å². The third-order valence-electron chi connectivity index (χ3n) is 6.30. The van der Waals surface area contributed by atoms with Crippen molar-refractivity contribution < 1.29 is 9.53 Å². The van der Waals surface area contributed by atoms with Crippen molar-refractivity contribution in [1.82, 2.24) is 24.9 Å². The number of nitrogens with one attached hydrogen (secondary N) is 1. The van der Waals surface area contributed by atoms with Crippen LogP contribution in [-0.2, 0) is 11.3 Å². The Hall–Kier alpha value is -2.98. The molecule has 5 aliphatic heterocycles. The summed E-state index contributed by atoms with van der Waals surface area (Å²) in [6, 6.07) is 2.40. The van der Waals surface area contributed by atoms with Crippen LogP contribution >= 0.6 is 0 Å². The number of ether oxygens (including phenoxy) is 1. The molecule has 2 bridgehead atoms. The van der Waals surface area contributed by atoms with Gasteiger partial charge in [-0.15, -0.1) is 0 Å². The number of hydrogen-bond acceptors (Lipinski definition) is 4. The molecule has 6 heterocycles. The molecular formula is C22H25N5O2. The first-order valence-corrected chi connectivity index (χ1v) is 10.2. The fraction of sp³-hybridized carbons (Fsp3) is 0.455. The lowest BCUT2D eigenvalue weighted by atomic mass is 9.79. The molecule has 0 aliphatic carbocycles. The molecule has 3 saturated heterocycles. The van der Waals surface area contributed by atoms with Gasteiger partial charge in [-0.1, -0.05) is 5.92 Å². The van der Waals surface area contributed by atoms with Gasteiger partial charge in [0.15, 0.2) is 5.76 Å². The second-order valence-electron chi connectivity index (χ2n) is 8.02. The fourth-order valence-electron chi connectivity index (χ4n) is 4.66. The number of amides is 2. The summed E-state index contributed by atoms with van der Waals surface area (Å²) in [5.74, 6) is 7.29. The van der Waals surface area contributed by atoms with Gasteiger partial charge in [0.1, 0.15) is 12.6 Å². The van der Waals surface area contributed by atoms with Gasteiger partial charge in [-0.05, 0) is 62.9 Å². The molecule has 150 valence electrons. The molecule has 1 aromatic heterocycles. The molecular weight excluding hydrogens is 366 g/mol. The van der Waals surface area contributed by atoms with Crippen LogP contribution in [0.4, 0.5) is 4.79 Å². The van der Waals surface area contributed by atoms with Crippen LogP contribution in [0, 0.1) is 17.8 Å². The molecule has 0 spiro atoms. The summed E-state index contributed by atoms with van der Waals surface area (Å²) in [6.07, 6.45) is 13.2. The van der Waals surface area contributed by atoms with Crippen LogP contribution in [0.3, 0.4) is 0 Å². The van der Waals surface area contributed by atoms with Crippen LogP contribution in [0.2, 0.25) is 0 Å². The van der Waals surface area contributed by atoms with E-state index in [-0.39, 0.29) is 18.2 Å². The van der Waals surface area contributed by atoms with Gasteiger partial charge in [0.25, 0.3) is 0 Å². The molecule has 5 aliphatic rings. The van der Waals surface area contributed by atoms with E-state index in [0.29, 0.717) is 24.3 Å². The minimum atomic E-state index is -0.177. The van der Waals surface area contributed by atoms with Crippen LogP contribution in [0.25, 0.3) is 0 Å². The van der Waals surface area contributed by atoms with E-state index in [4.69, 9.17) is 4.74 Å². The first-order valence-electron chi connectivity index (χ1n) is 10.2. The van der Waals surface area contributed by atoms with Gasteiger partial charge >= 0.3 is 6.03 Å². The Morgan fingerprint density at radius 2 is 2.24 bits per heavy atom. The second-order valence-corrected chi connectivity index (χ2v) is 8.02. The number of carbonyl (C=O) groups is 1. The molecule has 1 N–H and O–H groups in total. The van der Waals surface area contributed by atoms with Crippen LogP contribution in [0.15, 0.2) is 54.3 Å². The van der Waals surface area contributed by atoms with E-state index in [2.05, 4.69) is 34.1 Å². The van der Waals surface area contributed by atoms with Crippen molar-refractivity contribution in [2.45, 2.75) is 44.5 Å². The number of carbonyl (C=O) groups excluding carboxylic acids is 1. The highest BCUT2D eigenvalue weighted by Gasteiger charge is 2.41. The van der Waals surface area contributed by atoms with Gasteiger partial charge in [0, 0.05) is 42.5 Å². The Morgan fingerprint density at radius 3 is 3.00 bits per heavy atom. The molecule has 0 aromatic carbocycles. The predicted molar refractivity (Wildman–Crippen MR) is 108 cm³/mol. The standard InChI is InChI=1S/C22H25N5O2/c1-16-21(17-5-11-25(16)12-6-17)24-22(28)26-13-7-20-18(15-26)14-19(29-20)4-2-9-27-10-3-8-23-27/h3,7-8,10,13-17,20-21H,5-6,9,11-12H2,1H3,(H,24,28)/t16-,20?,21-/m0/s1. The molecule has 2 amide bonds. The Morgan fingerprint density at radius 1 is 1.38 bits per heavy atom. The largest absolute Gasteiger partial charge is 0.473 e. The van der Waals surface area contributed by atoms with E-state index < -0.39 is 0 Å². The van der Waals surface area contributed by atoms with Crippen molar-refractivity contribution in [3.63, 3.8) is 0 Å². The van der Waals surface area contributed by atoms with Crippen LogP contribution in [-0.4, -0.2) is 56.9 Å². The monoisotopic (exact) mass is 391 g/mol. The molecule has 29 heavy (non-hydrogen) atoms. The zero-order valence-corrected chi connectivity index (χ0v) is 16.5. The maximum atomic E-state index is 12.9. The number of fused-ring (bicyclic) bond motifs is 4. The Labute approximate surface area is 170 Å². The topological polar surface area (TPSA) is 62.6 Å². The lowest BCUT2D eigenvalue weighted by Crippen LogP contribution is -2.63. The van der Waals surface area contributed by atoms with E-state index in [0.717, 1.165) is 18.7 Å². The van der Waals surface area contributed by atoms with E-state index in [1.54, 1.807) is 22.0 Å². The van der Waals surface area contributed by atoms with Gasteiger partial charge in [-0.25, -0.2) is 4.79 Å². The first kappa shape index (κ1) is 18.1. The van der Waals surface area contributed by atoms with Crippen molar-refractivity contribution in [2.24, 2.45) is 5.92 Å². The number of piperidine rings is 3. The number of aromatic nitrogens is 2. The molecule has 0 saturated carbocycles. The van der Waals surface area contributed by atoms with Crippen LogP contribution in [0.1, 0.15) is 19.8 Å². The molecule has 3 atom stereocenters. The molecule has 7 heteroatoms. The maximum absolute atomic E-state index is 12.9. The zero-order chi connectivity index (χ0) is 19.8. The fourth-order valence-corrected chi connectivity index (χ4v) is 4.66. The van der Waals surface area contributed by atoms with Crippen LogP contribution < -0.4 is 5.32 Å². The average molecular weight is 391 g/mol. The minimum Gasteiger partial charge on any atom is -0.473 e. The highest BCUT2D eigenvalue weighted by atomic mass is 16.5. The Kier molecular flexibility index (Phi) is 4.64. The van der Waals surface area contributed by atoms with Gasteiger partial charge in [0.2, 0.25) is 0 Å². The van der Waals surface area contributed by atoms with Gasteiger partial charge < -0.3 is 10.1 Å². The summed E-state index contributed by atoms with van der Waals surface area (Å²) in [4.78, 5) is 17.0. The molecule has 0 radical (unpaired) electrons. The van der Waals surface area contributed by atoms with Crippen molar-refractivity contribution in [3.05, 3.63) is 54.3 Å². The minimum absolute atomic E-state index is 0.0792. The molecule has 3 fully saturated rings. The number of allylic oxidation sites excluding steroid dienone is 1. The van der Waals surface area contributed by atoms with E-state index in [1.807, 2.05) is 30.6 Å². The number of nitrogens with zero attached hydrogens (tertiary/aromatic N) is 4. The van der Waals surface area contributed by atoms with Crippen molar-refractivity contribution in [2.75, 3.05) is 13.1 Å². The summed E-state index contributed by atoms with van der Waals surface area (Å²) < 4.78 is 7.62. The smallest absolute Gasteiger partial charge is 0.325 e. The molecule has 1 unspecified atom stereocenters. The zero-order valence-electron chi connectivity index (χ0n) is 16.5. The molecule has 6 rings (SSSR count). The van der Waals surface area contributed by atoms with Crippen molar-refractivity contribution in [3.8, 4) is 11.8 Å². The maximum Gasteiger partial charge on any atom is 0.325 e. The highest BCUT2D eigenvalue weighted by molar-refractivity contribution is 5.77. The summed E-state index contributed by atoms with van der Waals surface area (Å²) >= 11 is 0. The second kappa shape index (κ2) is 7.45. The van der Waals surface area contributed by atoms with E-state index in [1.165, 1.54) is 12.8 Å². The lowest BCUT2D eigenvalue weighted by Gasteiger charge is -2.50. The third kappa shape index (κ3) is 3.56. The quantitative estimate of drug-likeness (QED) is 0.784. The normalized spacial score (nSPS) is 31.9. The van der Waals surface area contributed by atoms with Crippen molar-refractivity contribution in [1.29, 1.82) is 0 Å². The predicted octanol–water partition coefficient (Wildman–Crippen LogP) is 2.07. The molecule has 1 aromatic rings. The van der Waals surface area contributed by atoms with E-state index in [9.17, 15) is 4.79 Å². The van der Waals surface area contributed by atoms with Gasteiger partial charge in [0.05, 0.1) is 0 Å². The third-order valence-corrected chi connectivity index (χ3v) is 6.30. The summed E-state index contributed by atoms with van der Waals surface area (Å²) in [5, 5.41) is 7.39.